The quantitative estimate of drug-likeness (QED) is 0.849. The molecule has 1 N–H and O–H groups in total. The Morgan fingerprint density at radius 1 is 1.15 bits per heavy atom. The predicted molar refractivity (Wildman–Crippen MR) is 87.1 cm³/mol. The molecule has 1 aliphatic rings. The summed E-state index contributed by atoms with van der Waals surface area (Å²) < 4.78 is 0. The third-order valence-electron chi connectivity index (χ3n) is 4.65. The van der Waals surface area contributed by atoms with Crippen LogP contribution in [0.5, 0.6) is 0 Å². The lowest BCUT2D eigenvalue weighted by atomic mass is 9.95. The van der Waals surface area contributed by atoms with Crippen molar-refractivity contribution >= 4 is 0 Å². The van der Waals surface area contributed by atoms with Gasteiger partial charge >= 0.3 is 0 Å². The molecule has 0 spiro atoms. The third-order valence-corrected chi connectivity index (χ3v) is 4.65. The highest BCUT2D eigenvalue weighted by molar-refractivity contribution is 5.24. The summed E-state index contributed by atoms with van der Waals surface area (Å²) in [5.74, 6) is 0.871. The zero-order chi connectivity index (χ0) is 14.4. The minimum atomic E-state index is 0.579. The molecule has 1 aromatic carbocycles. The van der Waals surface area contributed by atoms with Crippen molar-refractivity contribution in [3.63, 3.8) is 0 Å². The van der Waals surface area contributed by atoms with Gasteiger partial charge in [0.05, 0.1) is 0 Å². The fourth-order valence-electron chi connectivity index (χ4n) is 3.37. The van der Waals surface area contributed by atoms with Crippen LogP contribution in [0.25, 0.3) is 0 Å². The van der Waals surface area contributed by atoms with Crippen LogP contribution < -0.4 is 5.32 Å². The van der Waals surface area contributed by atoms with E-state index in [0.717, 1.165) is 12.5 Å². The van der Waals surface area contributed by atoms with Crippen molar-refractivity contribution in [1.82, 2.24) is 10.2 Å². The van der Waals surface area contributed by atoms with Crippen LogP contribution in [0.15, 0.2) is 24.3 Å². The van der Waals surface area contributed by atoms with E-state index in [0.29, 0.717) is 6.04 Å². The largest absolute Gasteiger partial charge is 0.317 e. The van der Waals surface area contributed by atoms with Gasteiger partial charge in [-0.05, 0) is 57.3 Å². The molecule has 1 saturated heterocycles. The molecule has 1 heterocycles. The lowest BCUT2D eigenvalue weighted by molar-refractivity contribution is 0.155. The number of rotatable bonds is 6. The Morgan fingerprint density at radius 3 is 2.35 bits per heavy atom. The first kappa shape index (κ1) is 15.5. The van der Waals surface area contributed by atoms with Gasteiger partial charge in [-0.25, -0.2) is 0 Å². The maximum absolute atomic E-state index is 3.47. The van der Waals surface area contributed by atoms with E-state index in [4.69, 9.17) is 0 Å². The molecule has 0 bridgehead atoms. The summed E-state index contributed by atoms with van der Waals surface area (Å²) >= 11 is 0. The van der Waals surface area contributed by atoms with E-state index < -0.39 is 0 Å². The van der Waals surface area contributed by atoms with E-state index in [1.807, 2.05) is 0 Å². The van der Waals surface area contributed by atoms with Crippen molar-refractivity contribution in [2.24, 2.45) is 5.92 Å². The van der Waals surface area contributed by atoms with Gasteiger partial charge in [0.1, 0.15) is 0 Å². The lowest BCUT2D eigenvalue weighted by Gasteiger charge is -2.35. The third kappa shape index (κ3) is 4.07. The zero-order valence-corrected chi connectivity index (χ0v) is 13.4. The van der Waals surface area contributed by atoms with E-state index in [1.165, 1.54) is 50.0 Å². The van der Waals surface area contributed by atoms with Crippen molar-refractivity contribution in [2.45, 2.75) is 46.1 Å². The molecule has 1 aliphatic heterocycles. The standard InChI is InChI=1S/C18H30N2/c1-4-18(17-8-6-15(3)7-9-17)20(5-2)14-16-10-12-19-13-11-16/h6-9,16,18-19H,4-5,10-14H2,1-3H3. The molecule has 0 amide bonds. The minimum absolute atomic E-state index is 0.579. The molecule has 0 aromatic heterocycles. The second kappa shape index (κ2) is 7.80. The first-order chi connectivity index (χ1) is 9.74. The van der Waals surface area contributed by atoms with Crippen molar-refractivity contribution in [3.05, 3.63) is 35.4 Å². The van der Waals surface area contributed by atoms with Crippen LogP contribution in [0, 0.1) is 12.8 Å². The molecule has 1 aromatic rings. The number of piperidine rings is 1. The van der Waals surface area contributed by atoms with Gasteiger partial charge in [-0.3, -0.25) is 4.90 Å². The van der Waals surface area contributed by atoms with Crippen LogP contribution in [0.2, 0.25) is 0 Å². The first-order valence-corrected chi connectivity index (χ1v) is 8.26. The first-order valence-electron chi connectivity index (χ1n) is 8.26. The van der Waals surface area contributed by atoms with Gasteiger partial charge < -0.3 is 5.32 Å². The van der Waals surface area contributed by atoms with Crippen molar-refractivity contribution in [3.8, 4) is 0 Å². The molecule has 1 unspecified atom stereocenters. The Morgan fingerprint density at radius 2 is 1.80 bits per heavy atom. The Bertz CT molecular complexity index is 379. The van der Waals surface area contributed by atoms with Gasteiger partial charge in [-0.1, -0.05) is 43.7 Å². The highest BCUT2D eigenvalue weighted by atomic mass is 15.2. The number of nitrogens with one attached hydrogen (secondary N) is 1. The molecule has 2 nitrogen and oxygen atoms in total. The Kier molecular flexibility index (Phi) is 6.06. The van der Waals surface area contributed by atoms with Gasteiger partial charge in [0.25, 0.3) is 0 Å². The molecule has 0 aliphatic carbocycles. The molecular formula is C18H30N2. The average molecular weight is 274 g/mol. The fraction of sp³-hybridized carbons (Fsp3) is 0.667. The second-order valence-electron chi connectivity index (χ2n) is 6.12. The number of aryl methyl sites for hydroxylation is 1. The van der Waals surface area contributed by atoms with E-state index >= 15 is 0 Å². The molecule has 112 valence electrons. The summed E-state index contributed by atoms with van der Waals surface area (Å²) in [6.07, 6.45) is 3.86. The number of nitrogens with zero attached hydrogens (tertiary/aromatic N) is 1. The molecule has 1 atom stereocenters. The Hall–Kier alpha value is -0.860. The molecule has 1 fully saturated rings. The van der Waals surface area contributed by atoms with Gasteiger partial charge in [-0.2, -0.15) is 0 Å². The summed E-state index contributed by atoms with van der Waals surface area (Å²) in [6.45, 7) is 11.6. The van der Waals surface area contributed by atoms with Gasteiger partial charge in [0.15, 0.2) is 0 Å². The van der Waals surface area contributed by atoms with Crippen molar-refractivity contribution < 1.29 is 0 Å². The Balaban J connectivity index is 2.04. The predicted octanol–water partition coefficient (Wildman–Crippen LogP) is 3.77. The zero-order valence-electron chi connectivity index (χ0n) is 13.4. The topological polar surface area (TPSA) is 15.3 Å². The smallest absolute Gasteiger partial charge is 0.0345 e. The van der Waals surface area contributed by atoms with Crippen molar-refractivity contribution in [2.75, 3.05) is 26.2 Å². The van der Waals surface area contributed by atoms with Crippen LogP contribution in [0.1, 0.15) is 50.3 Å². The minimum Gasteiger partial charge on any atom is -0.317 e. The Labute approximate surface area is 124 Å². The molecule has 0 saturated carbocycles. The van der Waals surface area contributed by atoms with Crippen LogP contribution in [-0.2, 0) is 0 Å². The molecule has 2 heteroatoms. The number of benzene rings is 1. The number of hydrogen-bond acceptors (Lipinski definition) is 2. The van der Waals surface area contributed by atoms with Crippen molar-refractivity contribution in [1.29, 1.82) is 0 Å². The fourth-order valence-corrected chi connectivity index (χ4v) is 3.37. The summed E-state index contributed by atoms with van der Waals surface area (Å²) in [4.78, 5) is 2.68. The van der Waals surface area contributed by atoms with Crippen LogP contribution in [-0.4, -0.2) is 31.1 Å². The maximum atomic E-state index is 3.47. The highest BCUT2D eigenvalue weighted by Gasteiger charge is 2.22. The van der Waals surface area contributed by atoms with E-state index in [2.05, 4.69) is 55.3 Å². The van der Waals surface area contributed by atoms with Crippen LogP contribution in [0.4, 0.5) is 0 Å². The SMILES string of the molecule is CCC(c1ccc(C)cc1)N(CC)CC1CCNCC1. The van der Waals surface area contributed by atoms with Crippen LogP contribution >= 0.6 is 0 Å². The summed E-state index contributed by atoms with van der Waals surface area (Å²) in [6, 6.07) is 9.70. The average Bonchev–Trinajstić information content (AvgIpc) is 2.49. The second-order valence-corrected chi connectivity index (χ2v) is 6.12. The van der Waals surface area contributed by atoms with Gasteiger partial charge in [0, 0.05) is 12.6 Å². The summed E-state index contributed by atoms with van der Waals surface area (Å²) in [5, 5.41) is 3.47. The molecule has 2 rings (SSSR count). The molecular weight excluding hydrogens is 244 g/mol. The van der Waals surface area contributed by atoms with Gasteiger partial charge in [-0.15, -0.1) is 0 Å². The van der Waals surface area contributed by atoms with E-state index in [9.17, 15) is 0 Å². The summed E-state index contributed by atoms with van der Waals surface area (Å²) in [7, 11) is 0. The maximum Gasteiger partial charge on any atom is 0.0345 e. The van der Waals surface area contributed by atoms with E-state index in [1.54, 1.807) is 0 Å². The molecule has 0 radical (unpaired) electrons. The summed E-state index contributed by atoms with van der Waals surface area (Å²) in [5.41, 5.74) is 2.83. The van der Waals surface area contributed by atoms with Gasteiger partial charge in [0.2, 0.25) is 0 Å². The lowest BCUT2D eigenvalue weighted by Crippen LogP contribution is -2.38. The molecule has 20 heavy (non-hydrogen) atoms. The number of hydrogen-bond donors (Lipinski definition) is 1. The van der Waals surface area contributed by atoms with Crippen LogP contribution in [0.3, 0.4) is 0 Å². The highest BCUT2D eigenvalue weighted by Crippen LogP contribution is 2.26. The normalized spacial score (nSPS) is 18.4. The van der Waals surface area contributed by atoms with E-state index in [-0.39, 0.29) is 0 Å². The monoisotopic (exact) mass is 274 g/mol.